The molecule has 3 nitrogen and oxygen atoms in total. The zero-order valence-electron chi connectivity index (χ0n) is 5.67. The molecule has 2 N–H and O–H groups in total. The summed E-state index contributed by atoms with van der Waals surface area (Å²) in [6, 6.07) is 0. The molecule has 0 atom stereocenters. The molecule has 0 unspecified atom stereocenters. The molecule has 0 aliphatic carbocycles. The number of nitrogen functional groups attached to an aromatic ring is 1. The van der Waals surface area contributed by atoms with Crippen LogP contribution >= 0.6 is 12.4 Å². The molecule has 0 aliphatic heterocycles. The lowest BCUT2D eigenvalue weighted by molar-refractivity contribution is -0.141. The van der Waals surface area contributed by atoms with E-state index in [4.69, 9.17) is 5.73 Å². The van der Waals surface area contributed by atoms with Crippen LogP contribution < -0.4 is 5.73 Å². The number of alkyl halides is 3. The van der Waals surface area contributed by atoms with Crippen molar-refractivity contribution in [2.45, 2.75) is 6.18 Å². The molecular formula is C5H5ClF3N3. The third-order valence-corrected chi connectivity index (χ3v) is 0.944. The zero-order valence-corrected chi connectivity index (χ0v) is 6.49. The summed E-state index contributed by atoms with van der Waals surface area (Å²) in [6.07, 6.45) is -2.80. The molecular weight excluding hydrogens is 195 g/mol. The van der Waals surface area contributed by atoms with Gasteiger partial charge in [-0.2, -0.15) is 13.2 Å². The highest BCUT2D eigenvalue weighted by Crippen LogP contribution is 2.26. The van der Waals surface area contributed by atoms with Gasteiger partial charge in [-0.25, -0.2) is 4.98 Å². The summed E-state index contributed by atoms with van der Waals surface area (Å²) in [5.41, 5.74) is 3.91. The predicted molar refractivity (Wildman–Crippen MR) is 38.7 cm³/mol. The third kappa shape index (κ3) is 2.54. The van der Waals surface area contributed by atoms with E-state index in [0.29, 0.717) is 6.20 Å². The minimum Gasteiger partial charge on any atom is -0.382 e. The molecule has 1 heterocycles. The molecule has 68 valence electrons. The van der Waals surface area contributed by atoms with Crippen molar-refractivity contribution in [1.29, 1.82) is 0 Å². The Hall–Kier alpha value is -1.04. The molecule has 12 heavy (non-hydrogen) atoms. The molecule has 1 aromatic heterocycles. The summed E-state index contributed by atoms with van der Waals surface area (Å²) in [5, 5.41) is 0. The number of anilines is 1. The SMILES string of the molecule is Cl.Nc1cncc(C(F)(F)F)n1. The quantitative estimate of drug-likeness (QED) is 0.689. The molecule has 0 amide bonds. The Balaban J connectivity index is 0.00000121. The zero-order chi connectivity index (χ0) is 8.48. The maximum Gasteiger partial charge on any atom is 0.434 e. The second-order valence-electron chi connectivity index (χ2n) is 1.83. The molecule has 0 radical (unpaired) electrons. The first-order valence-corrected chi connectivity index (χ1v) is 2.65. The Morgan fingerprint density at radius 2 is 1.83 bits per heavy atom. The van der Waals surface area contributed by atoms with E-state index >= 15 is 0 Å². The van der Waals surface area contributed by atoms with Crippen molar-refractivity contribution in [3.63, 3.8) is 0 Å². The summed E-state index contributed by atoms with van der Waals surface area (Å²) >= 11 is 0. The maximum absolute atomic E-state index is 11.8. The number of halogens is 4. The fourth-order valence-electron chi connectivity index (χ4n) is 0.518. The molecule has 0 saturated heterocycles. The van der Waals surface area contributed by atoms with Gasteiger partial charge >= 0.3 is 6.18 Å². The smallest absolute Gasteiger partial charge is 0.382 e. The van der Waals surface area contributed by atoms with Gasteiger partial charge in [-0.3, -0.25) is 4.98 Å². The van der Waals surface area contributed by atoms with Crippen molar-refractivity contribution >= 4 is 18.2 Å². The molecule has 0 aromatic carbocycles. The first kappa shape index (κ1) is 11.0. The first-order valence-electron chi connectivity index (χ1n) is 2.65. The lowest BCUT2D eigenvalue weighted by Gasteiger charge is -2.03. The number of nitrogens with two attached hydrogens (primary N) is 1. The highest BCUT2D eigenvalue weighted by Gasteiger charge is 2.32. The van der Waals surface area contributed by atoms with Crippen LogP contribution in [0.25, 0.3) is 0 Å². The average molecular weight is 200 g/mol. The third-order valence-electron chi connectivity index (χ3n) is 0.944. The number of hydrogen-bond acceptors (Lipinski definition) is 3. The number of hydrogen-bond donors (Lipinski definition) is 1. The van der Waals surface area contributed by atoms with Crippen LogP contribution in [-0.2, 0) is 6.18 Å². The Kier molecular flexibility index (Phi) is 3.26. The van der Waals surface area contributed by atoms with Gasteiger partial charge < -0.3 is 5.73 Å². The van der Waals surface area contributed by atoms with Gasteiger partial charge in [-0.1, -0.05) is 0 Å². The minimum absolute atomic E-state index is 0. The van der Waals surface area contributed by atoms with E-state index in [9.17, 15) is 13.2 Å². The van der Waals surface area contributed by atoms with Crippen molar-refractivity contribution in [3.05, 3.63) is 18.1 Å². The number of rotatable bonds is 0. The van der Waals surface area contributed by atoms with E-state index < -0.39 is 11.9 Å². The van der Waals surface area contributed by atoms with Crippen molar-refractivity contribution in [1.82, 2.24) is 9.97 Å². The summed E-state index contributed by atoms with van der Waals surface area (Å²) in [6.45, 7) is 0. The summed E-state index contributed by atoms with van der Waals surface area (Å²) in [5.74, 6) is -0.236. The Morgan fingerprint density at radius 3 is 2.17 bits per heavy atom. The van der Waals surface area contributed by atoms with Gasteiger partial charge in [0, 0.05) is 0 Å². The van der Waals surface area contributed by atoms with Gasteiger partial charge in [0.25, 0.3) is 0 Å². The van der Waals surface area contributed by atoms with E-state index in [-0.39, 0.29) is 18.2 Å². The Morgan fingerprint density at radius 1 is 1.25 bits per heavy atom. The van der Waals surface area contributed by atoms with E-state index in [1.807, 2.05) is 0 Å². The number of nitrogens with zero attached hydrogens (tertiary/aromatic N) is 2. The fraction of sp³-hybridized carbons (Fsp3) is 0.200. The standard InChI is InChI=1S/C5H4F3N3.ClH/c6-5(7,8)3-1-10-2-4(9)11-3;/h1-2H,(H2,9,11);1H. The molecule has 0 spiro atoms. The summed E-state index contributed by atoms with van der Waals surface area (Å²) in [7, 11) is 0. The highest BCUT2D eigenvalue weighted by atomic mass is 35.5. The lowest BCUT2D eigenvalue weighted by Crippen LogP contribution is -2.09. The fourth-order valence-corrected chi connectivity index (χ4v) is 0.518. The second-order valence-corrected chi connectivity index (χ2v) is 1.83. The van der Waals surface area contributed by atoms with Gasteiger partial charge in [0.2, 0.25) is 0 Å². The number of aromatic nitrogens is 2. The van der Waals surface area contributed by atoms with Gasteiger partial charge in [0.15, 0.2) is 5.69 Å². The monoisotopic (exact) mass is 199 g/mol. The topological polar surface area (TPSA) is 51.8 Å². The lowest BCUT2D eigenvalue weighted by atomic mass is 10.4. The van der Waals surface area contributed by atoms with Crippen molar-refractivity contribution < 1.29 is 13.2 Å². The molecule has 0 bridgehead atoms. The largest absolute Gasteiger partial charge is 0.434 e. The van der Waals surface area contributed by atoms with Gasteiger partial charge in [0.05, 0.1) is 12.4 Å². The molecule has 0 aliphatic rings. The van der Waals surface area contributed by atoms with E-state index in [1.165, 1.54) is 0 Å². The molecule has 1 aromatic rings. The van der Waals surface area contributed by atoms with Crippen LogP contribution in [0.2, 0.25) is 0 Å². The van der Waals surface area contributed by atoms with Crippen molar-refractivity contribution in [2.24, 2.45) is 0 Å². The summed E-state index contributed by atoms with van der Waals surface area (Å²) < 4.78 is 35.4. The van der Waals surface area contributed by atoms with E-state index in [1.54, 1.807) is 0 Å². The van der Waals surface area contributed by atoms with Crippen LogP contribution in [-0.4, -0.2) is 9.97 Å². The van der Waals surface area contributed by atoms with Crippen LogP contribution in [0.3, 0.4) is 0 Å². The highest BCUT2D eigenvalue weighted by molar-refractivity contribution is 5.85. The van der Waals surface area contributed by atoms with Gasteiger partial charge in [-0.05, 0) is 0 Å². The van der Waals surface area contributed by atoms with Crippen molar-refractivity contribution in [3.8, 4) is 0 Å². The molecule has 0 fully saturated rings. The summed E-state index contributed by atoms with van der Waals surface area (Å²) in [4.78, 5) is 6.28. The van der Waals surface area contributed by atoms with Gasteiger partial charge in [0.1, 0.15) is 5.82 Å². The Bertz CT molecular complexity index is 262. The normalized spacial score (nSPS) is 10.6. The molecule has 0 saturated carbocycles. The van der Waals surface area contributed by atoms with Crippen molar-refractivity contribution in [2.75, 3.05) is 5.73 Å². The second kappa shape index (κ2) is 3.57. The van der Waals surface area contributed by atoms with E-state index in [0.717, 1.165) is 6.20 Å². The van der Waals surface area contributed by atoms with Crippen LogP contribution in [0.15, 0.2) is 12.4 Å². The van der Waals surface area contributed by atoms with Crippen LogP contribution in [0.4, 0.5) is 19.0 Å². The predicted octanol–water partition coefficient (Wildman–Crippen LogP) is 1.50. The van der Waals surface area contributed by atoms with Crippen LogP contribution in [0.1, 0.15) is 5.69 Å². The van der Waals surface area contributed by atoms with Gasteiger partial charge in [-0.15, -0.1) is 12.4 Å². The molecule has 7 heteroatoms. The minimum atomic E-state index is -4.47. The molecule has 1 rings (SSSR count). The average Bonchev–Trinajstić information content (AvgIpc) is 1.86. The maximum atomic E-state index is 11.8. The van der Waals surface area contributed by atoms with E-state index in [2.05, 4.69) is 9.97 Å². The Labute approximate surface area is 72.2 Å². The first-order chi connectivity index (χ1) is 5.00. The van der Waals surface area contributed by atoms with Crippen LogP contribution in [0.5, 0.6) is 0 Å². The van der Waals surface area contributed by atoms with Crippen LogP contribution in [0, 0.1) is 0 Å².